The van der Waals surface area contributed by atoms with Crippen LogP contribution in [0.1, 0.15) is 6.42 Å². The molecule has 36 valence electrons. The molecular weight excluding hydrogens is 131 g/mol. The Hall–Kier alpha value is 1.00. The van der Waals surface area contributed by atoms with Crippen LogP contribution in [0.2, 0.25) is 0 Å². The highest BCUT2D eigenvalue weighted by Crippen LogP contribution is 2.25. The van der Waals surface area contributed by atoms with Crippen LogP contribution in [0.25, 0.3) is 0 Å². The van der Waals surface area contributed by atoms with Gasteiger partial charge in [0.1, 0.15) is 0 Å². The van der Waals surface area contributed by atoms with Gasteiger partial charge < -0.3 is 0 Å². The van der Waals surface area contributed by atoms with Gasteiger partial charge in [0, 0.05) is 5.75 Å². The second-order valence-corrected chi connectivity index (χ2v) is 7.62. The lowest BCUT2D eigenvalue weighted by atomic mass is 10.6. The average Bonchev–Trinajstić information content (AvgIpc) is 1.86. The van der Waals surface area contributed by atoms with Gasteiger partial charge in [-0.05, 0) is 23.8 Å². The van der Waals surface area contributed by atoms with Crippen LogP contribution in [-0.4, -0.2) is 11.9 Å². The monoisotopic (exact) mass is 138 g/mol. The highest BCUT2D eigenvalue weighted by Gasteiger charge is 2.01. The van der Waals surface area contributed by atoms with Gasteiger partial charge in [-0.2, -0.15) is 0 Å². The first-order valence-electron chi connectivity index (χ1n) is 2.01. The van der Waals surface area contributed by atoms with Crippen molar-refractivity contribution >= 4 is 28.0 Å². The molecule has 1 aliphatic rings. The van der Waals surface area contributed by atoms with Crippen LogP contribution in [-0.2, 0) is 20.3 Å². The van der Waals surface area contributed by atoms with Crippen LogP contribution >= 0.6 is 7.78 Å². The molecule has 1 heterocycles. The molecule has 0 aromatic carbocycles. The number of rotatable bonds is 0. The zero-order valence-corrected chi connectivity index (χ0v) is 6.07. The van der Waals surface area contributed by atoms with E-state index in [2.05, 4.69) is 0 Å². The standard InChI is InChI=1S/C3H7PS2/c5-6-3-1-2-4-6/h4H,1-3H2. The Morgan fingerprint density at radius 1 is 1.67 bits per heavy atom. The Morgan fingerprint density at radius 3 is 2.67 bits per heavy atom. The van der Waals surface area contributed by atoms with E-state index in [1.807, 2.05) is 0 Å². The maximum atomic E-state index is 5.04. The van der Waals surface area contributed by atoms with Gasteiger partial charge in [-0.25, -0.2) is 0 Å². The molecule has 1 aliphatic heterocycles. The molecule has 1 fully saturated rings. The molecule has 0 amide bonds. The van der Waals surface area contributed by atoms with Crippen LogP contribution in [0.4, 0.5) is 0 Å². The summed E-state index contributed by atoms with van der Waals surface area (Å²) in [6.45, 7) is 0. The van der Waals surface area contributed by atoms with Crippen molar-refractivity contribution in [2.75, 3.05) is 11.9 Å². The summed E-state index contributed by atoms with van der Waals surface area (Å²) in [5.41, 5.74) is 0. The van der Waals surface area contributed by atoms with Crippen LogP contribution in [0.5, 0.6) is 0 Å². The molecule has 0 aromatic rings. The van der Waals surface area contributed by atoms with Gasteiger partial charge in [-0.3, -0.25) is 0 Å². The molecule has 0 N–H and O–H groups in total. The summed E-state index contributed by atoms with van der Waals surface area (Å²) in [5, 5.41) is 0. The minimum atomic E-state index is 0.438. The molecule has 2 unspecified atom stereocenters. The zero-order chi connectivity index (χ0) is 4.41. The third-order valence-corrected chi connectivity index (χ3v) is 6.06. The summed E-state index contributed by atoms with van der Waals surface area (Å²) < 4.78 is 0. The van der Waals surface area contributed by atoms with E-state index in [1.165, 1.54) is 18.3 Å². The van der Waals surface area contributed by atoms with Crippen molar-refractivity contribution in [3.63, 3.8) is 0 Å². The third kappa shape index (κ3) is 1.25. The van der Waals surface area contributed by atoms with Crippen LogP contribution in [0.15, 0.2) is 0 Å². The SMILES string of the molecule is S=S1CCCP1. The predicted octanol–water partition coefficient (Wildman–Crippen LogP) is 1.06. The van der Waals surface area contributed by atoms with E-state index in [-0.39, 0.29) is 0 Å². The Labute approximate surface area is 46.8 Å². The predicted molar refractivity (Wildman–Crippen MR) is 37.4 cm³/mol. The second kappa shape index (κ2) is 2.34. The van der Waals surface area contributed by atoms with Crippen molar-refractivity contribution in [2.24, 2.45) is 0 Å². The van der Waals surface area contributed by atoms with E-state index in [0.717, 1.165) is 7.78 Å². The minimum Gasteiger partial charge on any atom is -0.101 e. The van der Waals surface area contributed by atoms with E-state index < -0.39 is 0 Å². The number of hydrogen-bond acceptors (Lipinski definition) is 1. The van der Waals surface area contributed by atoms with Gasteiger partial charge in [-0.1, -0.05) is 7.78 Å². The highest BCUT2D eigenvalue weighted by molar-refractivity contribution is 8.61. The molecule has 0 nitrogen and oxygen atoms in total. The number of hydrogen-bond donors (Lipinski definition) is 0. The molecule has 1 rings (SSSR count). The molecular formula is C3H7PS2. The summed E-state index contributed by atoms with van der Waals surface area (Å²) in [4.78, 5) is 0. The highest BCUT2D eigenvalue weighted by atomic mass is 33.1. The van der Waals surface area contributed by atoms with E-state index in [1.54, 1.807) is 0 Å². The fourth-order valence-electron chi connectivity index (χ4n) is 0.461. The van der Waals surface area contributed by atoms with E-state index in [0.29, 0.717) is 9.07 Å². The summed E-state index contributed by atoms with van der Waals surface area (Å²) in [7, 11) is 1.56. The smallest absolute Gasteiger partial charge is 0.00191 e. The maximum Gasteiger partial charge on any atom is 0.00191 e. The largest absolute Gasteiger partial charge is 0.101 e. The zero-order valence-electron chi connectivity index (χ0n) is 3.44. The molecule has 2 atom stereocenters. The first-order valence-corrected chi connectivity index (χ1v) is 6.26. The quantitative estimate of drug-likeness (QED) is 0.451. The van der Waals surface area contributed by atoms with Crippen LogP contribution in [0, 0.1) is 0 Å². The lowest BCUT2D eigenvalue weighted by Crippen LogP contribution is -1.74. The van der Waals surface area contributed by atoms with Gasteiger partial charge >= 0.3 is 0 Å². The lowest BCUT2D eigenvalue weighted by molar-refractivity contribution is 1.14. The lowest BCUT2D eigenvalue weighted by Gasteiger charge is -1.80. The molecule has 0 saturated carbocycles. The van der Waals surface area contributed by atoms with Gasteiger partial charge in [0.25, 0.3) is 0 Å². The molecule has 0 aromatic heterocycles. The van der Waals surface area contributed by atoms with Crippen molar-refractivity contribution < 1.29 is 0 Å². The van der Waals surface area contributed by atoms with E-state index in [9.17, 15) is 0 Å². The van der Waals surface area contributed by atoms with Gasteiger partial charge in [0.15, 0.2) is 0 Å². The Morgan fingerprint density at radius 2 is 2.50 bits per heavy atom. The van der Waals surface area contributed by atoms with Crippen molar-refractivity contribution in [3.8, 4) is 0 Å². The molecule has 0 radical (unpaired) electrons. The maximum absolute atomic E-state index is 5.04. The molecule has 0 bridgehead atoms. The molecule has 1 saturated heterocycles. The first kappa shape index (κ1) is 5.14. The van der Waals surface area contributed by atoms with Crippen LogP contribution < -0.4 is 0 Å². The average molecular weight is 138 g/mol. The summed E-state index contributed by atoms with van der Waals surface area (Å²) in [5.74, 6) is 1.34. The summed E-state index contributed by atoms with van der Waals surface area (Å²) in [6, 6.07) is 0. The van der Waals surface area contributed by atoms with Crippen LogP contribution in [0.3, 0.4) is 0 Å². The second-order valence-electron chi connectivity index (χ2n) is 1.30. The third-order valence-electron chi connectivity index (χ3n) is 0.770. The van der Waals surface area contributed by atoms with Crippen molar-refractivity contribution in [2.45, 2.75) is 6.42 Å². The van der Waals surface area contributed by atoms with Gasteiger partial charge in [0.2, 0.25) is 0 Å². The van der Waals surface area contributed by atoms with Gasteiger partial charge in [-0.15, -0.1) is 9.07 Å². The first-order chi connectivity index (χ1) is 2.89. The molecule has 6 heavy (non-hydrogen) atoms. The topological polar surface area (TPSA) is 0 Å². The van der Waals surface area contributed by atoms with Crippen molar-refractivity contribution in [3.05, 3.63) is 0 Å². The fraction of sp³-hybridized carbons (Fsp3) is 1.00. The van der Waals surface area contributed by atoms with Crippen molar-refractivity contribution in [1.82, 2.24) is 0 Å². The summed E-state index contributed by atoms with van der Waals surface area (Å²) in [6.07, 6.45) is 2.83. The molecule has 3 heteroatoms. The summed E-state index contributed by atoms with van der Waals surface area (Å²) >= 11 is 5.04. The normalized spacial score (nSPS) is 38.3. The van der Waals surface area contributed by atoms with Crippen molar-refractivity contribution in [1.29, 1.82) is 0 Å². The Kier molecular flexibility index (Phi) is 2.01. The molecule has 0 spiro atoms. The fourth-order valence-corrected chi connectivity index (χ4v) is 4.90. The molecule has 0 aliphatic carbocycles. The van der Waals surface area contributed by atoms with Gasteiger partial charge in [0.05, 0.1) is 0 Å². The minimum absolute atomic E-state index is 0.438. The van der Waals surface area contributed by atoms with E-state index in [4.69, 9.17) is 11.2 Å². The van der Waals surface area contributed by atoms with E-state index >= 15 is 0 Å². The Balaban J connectivity index is 2.37. The Bertz CT molecular complexity index is 63.2.